The van der Waals surface area contributed by atoms with Crippen LogP contribution in [-0.4, -0.2) is 26.2 Å². The van der Waals surface area contributed by atoms with Gasteiger partial charge in [-0.1, -0.05) is 62.4 Å². The number of rotatable bonds is 4. The topological polar surface area (TPSA) is 52.6 Å². The third kappa shape index (κ3) is 3.56. The lowest BCUT2D eigenvalue weighted by atomic mass is 9.70. The number of hydrogen-bond donors (Lipinski definition) is 0. The van der Waals surface area contributed by atoms with Gasteiger partial charge in [0.1, 0.15) is 0 Å². The molecule has 0 unspecified atom stereocenters. The fourth-order valence-electron chi connectivity index (χ4n) is 5.28. The first-order chi connectivity index (χ1) is 15.7. The summed E-state index contributed by atoms with van der Waals surface area (Å²) < 4.78 is 10.2. The van der Waals surface area contributed by atoms with Crippen molar-refractivity contribution in [1.82, 2.24) is 0 Å². The van der Waals surface area contributed by atoms with Crippen LogP contribution in [0.3, 0.4) is 0 Å². The lowest BCUT2D eigenvalue weighted by Gasteiger charge is -2.33. The third-order valence-electron chi connectivity index (χ3n) is 6.68. The van der Waals surface area contributed by atoms with Crippen molar-refractivity contribution in [3.8, 4) is 0 Å². The van der Waals surface area contributed by atoms with Crippen LogP contribution in [0.25, 0.3) is 21.5 Å². The first kappa shape index (κ1) is 22.5. The smallest absolute Gasteiger partial charge is 0.338 e. The molecule has 0 N–H and O–H groups in total. The molecule has 4 rings (SSSR count). The van der Waals surface area contributed by atoms with Crippen molar-refractivity contribution in [2.75, 3.05) is 14.2 Å². The molecule has 0 amide bonds. The molecule has 4 nitrogen and oxygen atoms in total. The van der Waals surface area contributed by atoms with Crippen LogP contribution in [-0.2, 0) is 14.9 Å². The van der Waals surface area contributed by atoms with Gasteiger partial charge in [0, 0.05) is 5.41 Å². The largest absolute Gasteiger partial charge is 0.465 e. The van der Waals surface area contributed by atoms with Crippen molar-refractivity contribution in [2.45, 2.75) is 33.1 Å². The molecule has 4 aromatic rings. The second-order valence-electron chi connectivity index (χ2n) is 8.90. The van der Waals surface area contributed by atoms with Crippen molar-refractivity contribution in [3.63, 3.8) is 0 Å². The summed E-state index contributed by atoms with van der Waals surface area (Å²) in [5.41, 5.74) is 4.37. The first-order valence-electron chi connectivity index (χ1n) is 10.9. The van der Waals surface area contributed by atoms with Crippen molar-refractivity contribution < 1.29 is 19.1 Å². The zero-order valence-electron chi connectivity index (χ0n) is 19.9. The van der Waals surface area contributed by atoms with Gasteiger partial charge >= 0.3 is 11.9 Å². The summed E-state index contributed by atoms with van der Waals surface area (Å²) in [4.78, 5) is 25.3. The quantitative estimate of drug-likeness (QED) is 0.340. The number of carbonyl (C=O) groups is 2. The molecule has 168 valence electrons. The molecule has 0 saturated carbocycles. The van der Waals surface area contributed by atoms with Crippen LogP contribution < -0.4 is 0 Å². The molecule has 0 fully saturated rings. The van der Waals surface area contributed by atoms with Crippen molar-refractivity contribution >= 4 is 33.5 Å². The number of fused-ring (bicyclic) bond motifs is 2. The molecule has 0 aromatic heterocycles. The summed E-state index contributed by atoms with van der Waals surface area (Å²) in [6.45, 7) is 8.24. The summed E-state index contributed by atoms with van der Waals surface area (Å²) in [7, 11) is 2.80. The number of carbonyl (C=O) groups excluding carboxylic acids is 2. The monoisotopic (exact) mass is 440 g/mol. The van der Waals surface area contributed by atoms with E-state index < -0.39 is 5.41 Å². The second kappa shape index (κ2) is 8.36. The molecule has 0 atom stereocenters. The Kier molecular flexibility index (Phi) is 5.71. The average molecular weight is 441 g/mol. The molecular formula is C29H28O4. The summed E-state index contributed by atoms with van der Waals surface area (Å²) in [6, 6.07) is 19.9. The van der Waals surface area contributed by atoms with Crippen LogP contribution in [0.4, 0.5) is 0 Å². The highest BCUT2D eigenvalue weighted by Gasteiger charge is 2.33. The predicted octanol–water partition coefficient (Wildman–Crippen LogP) is 6.51. The standard InChI is InChI=1S/C29H28O4/c1-17-23(27(30)32-5)15-19-11-7-9-13-21(19)25(17)29(3,4)26-18(2)24(28(31)33-6)16-20-12-8-10-14-22(20)26/h7-16H,1-6H3. The maximum atomic E-state index is 12.7. The van der Waals surface area contributed by atoms with Crippen molar-refractivity contribution in [1.29, 1.82) is 0 Å². The van der Waals surface area contributed by atoms with E-state index in [2.05, 4.69) is 26.0 Å². The molecule has 0 radical (unpaired) electrons. The molecule has 0 aliphatic rings. The zero-order valence-corrected chi connectivity index (χ0v) is 19.9. The first-order valence-corrected chi connectivity index (χ1v) is 10.9. The Labute approximate surface area is 194 Å². The Morgan fingerprint density at radius 1 is 0.667 bits per heavy atom. The van der Waals surface area contributed by atoms with E-state index in [4.69, 9.17) is 9.47 Å². The second-order valence-corrected chi connectivity index (χ2v) is 8.90. The van der Waals surface area contributed by atoms with Gasteiger partial charge in [-0.15, -0.1) is 0 Å². The highest BCUT2D eigenvalue weighted by Crippen LogP contribution is 2.44. The van der Waals surface area contributed by atoms with Gasteiger partial charge in [0.2, 0.25) is 0 Å². The molecule has 0 bridgehead atoms. The van der Waals surface area contributed by atoms with Gasteiger partial charge < -0.3 is 9.47 Å². The van der Waals surface area contributed by atoms with Crippen LogP contribution in [0.15, 0.2) is 60.7 Å². The van der Waals surface area contributed by atoms with Gasteiger partial charge in [-0.2, -0.15) is 0 Å². The van der Waals surface area contributed by atoms with E-state index in [9.17, 15) is 9.59 Å². The number of methoxy groups -OCH3 is 2. The van der Waals surface area contributed by atoms with Gasteiger partial charge in [0.25, 0.3) is 0 Å². The predicted molar refractivity (Wildman–Crippen MR) is 132 cm³/mol. The molecule has 33 heavy (non-hydrogen) atoms. The Morgan fingerprint density at radius 2 is 1.03 bits per heavy atom. The summed E-state index contributed by atoms with van der Waals surface area (Å²) in [6.07, 6.45) is 0. The maximum absolute atomic E-state index is 12.7. The minimum absolute atomic E-state index is 0.361. The van der Waals surface area contributed by atoms with E-state index in [1.54, 1.807) is 0 Å². The molecule has 0 spiro atoms. The average Bonchev–Trinajstić information content (AvgIpc) is 2.81. The fraction of sp³-hybridized carbons (Fsp3) is 0.241. The molecule has 0 saturated heterocycles. The van der Waals surface area contributed by atoms with E-state index in [1.807, 2.05) is 62.4 Å². The number of esters is 2. The Hall–Kier alpha value is -3.66. The Morgan fingerprint density at radius 3 is 1.39 bits per heavy atom. The van der Waals surface area contributed by atoms with Gasteiger partial charge in [0.15, 0.2) is 0 Å². The minimum Gasteiger partial charge on any atom is -0.465 e. The number of ether oxygens (including phenoxy) is 2. The molecule has 0 aliphatic carbocycles. The third-order valence-corrected chi connectivity index (χ3v) is 6.68. The van der Waals surface area contributed by atoms with Crippen molar-refractivity contribution in [2.24, 2.45) is 0 Å². The molecular weight excluding hydrogens is 412 g/mol. The highest BCUT2D eigenvalue weighted by atomic mass is 16.5. The lowest BCUT2D eigenvalue weighted by Crippen LogP contribution is -2.25. The van der Waals surface area contributed by atoms with Crippen LogP contribution >= 0.6 is 0 Å². The maximum Gasteiger partial charge on any atom is 0.338 e. The van der Waals surface area contributed by atoms with Gasteiger partial charge in [-0.25, -0.2) is 9.59 Å². The van der Waals surface area contributed by atoms with E-state index in [0.29, 0.717) is 11.1 Å². The lowest BCUT2D eigenvalue weighted by molar-refractivity contribution is 0.0591. The van der Waals surface area contributed by atoms with E-state index in [1.165, 1.54) is 14.2 Å². The summed E-state index contributed by atoms with van der Waals surface area (Å²) >= 11 is 0. The zero-order chi connectivity index (χ0) is 23.9. The Balaban J connectivity index is 2.16. The SMILES string of the molecule is COC(=O)c1cc2ccccc2c(C(C)(C)c2c(C)c(C(=O)OC)cc3ccccc23)c1C. The molecule has 4 heteroatoms. The Bertz CT molecular complexity index is 1310. The van der Waals surface area contributed by atoms with Gasteiger partial charge in [0.05, 0.1) is 25.3 Å². The van der Waals surface area contributed by atoms with E-state index in [0.717, 1.165) is 43.8 Å². The van der Waals surface area contributed by atoms with Crippen LogP contribution in [0, 0.1) is 13.8 Å². The number of benzene rings is 4. The van der Waals surface area contributed by atoms with Crippen LogP contribution in [0.2, 0.25) is 0 Å². The van der Waals surface area contributed by atoms with E-state index >= 15 is 0 Å². The van der Waals surface area contributed by atoms with Gasteiger partial charge in [-0.3, -0.25) is 0 Å². The number of hydrogen-bond acceptors (Lipinski definition) is 4. The summed E-state index contributed by atoms with van der Waals surface area (Å²) in [5, 5.41) is 4.08. The molecule has 4 aromatic carbocycles. The molecule has 0 aliphatic heterocycles. The van der Waals surface area contributed by atoms with Crippen molar-refractivity contribution in [3.05, 3.63) is 94.0 Å². The fourth-order valence-corrected chi connectivity index (χ4v) is 5.28. The van der Waals surface area contributed by atoms with Crippen LogP contribution in [0.5, 0.6) is 0 Å². The van der Waals surface area contributed by atoms with Gasteiger partial charge in [-0.05, 0) is 69.8 Å². The van der Waals surface area contributed by atoms with Crippen LogP contribution in [0.1, 0.15) is 56.8 Å². The summed E-state index contributed by atoms with van der Waals surface area (Å²) in [5.74, 6) is -0.722. The van der Waals surface area contributed by atoms with E-state index in [-0.39, 0.29) is 11.9 Å². The minimum atomic E-state index is -0.540. The normalized spacial score (nSPS) is 11.6. The highest BCUT2D eigenvalue weighted by molar-refractivity contribution is 6.02. The molecule has 0 heterocycles.